The van der Waals surface area contributed by atoms with Crippen molar-refractivity contribution in [1.29, 1.82) is 0 Å². The third-order valence-electron chi connectivity index (χ3n) is 4.34. The van der Waals surface area contributed by atoms with Crippen LogP contribution in [0.15, 0.2) is 16.8 Å². The van der Waals surface area contributed by atoms with E-state index in [-0.39, 0.29) is 5.41 Å². The van der Waals surface area contributed by atoms with Gasteiger partial charge in [0.25, 0.3) is 0 Å². The monoisotopic (exact) mass is 279 g/mol. The SMILES string of the molecule is NCC1(C(=O)N2CCN(Cc3ccsc3)CC2)CC1. The topological polar surface area (TPSA) is 49.6 Å². The van der Waals surface area contributed by atoms with Gasteiger partial charge in [0.2, 0.25) is 5.91 Å². The Balaban J connectivity index is 1.51. The lowest BCUT2D eigenvalue weighted by Crippen LogP contribution is -2.51. The Kier molecular flexibility index (Phi) is 3.60. The minimum atomic E-state index is -0.185. The molecule has 0 unspecified atom stereocenters. The summed E-state index contributed by atoms with van der Waals surface area (Å²) in [5, 5.41) is 4.32. The quantitative estimate of drug-likeness (QED) is 0.899. The van der Waals surface area contributed by atoms with Crippen LogP contribution in [-0.4, -0.2) is 48.4 Å². The highest BCUT2D eigenvalue weighted by Gasteiger charge is 2.50. The fourth-order valence-corrected chi connectivity index (χ4v) is 3.40. The van der Waals surface area contributed by atoms with E-state index >= 15 is 0 Å². The summed E-state index contributed by atoms with van der Waals surface area (Å²) in [5.41, 5.74) is 6.93. The van der Waals surface area contributed by atoms with Crippen LogP contribution in [0.2, 0.25) is 0 Å². The van der Waals surface area contributed by atoms with Crippen LogP contribution in [0.25, 0.3) is 0 Å². The molecular formula is C14H21N3OS. The average Bonchev–Trinajstić information content (AvgIpc) is 3.09. The van der Waals surface area contributed by atoms with Gasteiger partial charge in [0.1, 0.15) is 0 Å². The zero-order valence-electron chi connectivity index (χ0n) is 11.2. The minimum absolute atomic E-state index is 0.185. The summed E-state index contributed by atoms with van der Waals surface area (Å²) >= 11 is 1.74. The van der Waals surface area contributed by atoms with Crippen molar-refractivity contribution < 1.29 is 4.79 Å². The highest BCUT2D eigenvalue weighted by atomic mass is 32.1. The number of hydrogen-bond acceptors (Lipinski definition) is 4. The van der Waals surface area contributed by atoms with Crippen molar-refractivity contribution in [1.82, 2.24) is 9.80 Å². The Bertz CT molecular complexity index is 434. The van der Waals surface area contributed by atoms with E-state index in [1.54, 1.807) is 11.3 Å². The van der Waals surface area contributed by atoms with Gasteiger partial charge < -0.3 is 10.6 Å². The van der Waals surface area contributed by atoms with E-state index in [0.29, 0.717) is 12.5 Å². The summed E-state index contributed by atoms with van der Waals surface area (Å²) in [6, 6.07) is 2.18. The van der Waals surface area contributed by atoms with Crippen LogP contribution in [0.3, 0.4) is 0 Å². The molecule has 0 aromatic carbocycles. The number of carbonyl (C=O) groups excluding carboxylic acids is 1. The molecule has 2 aliphatic rings. The second-order valence-electron chi connectivity index (χ2n) is 5.68. The van der Waals surface area contributed by atoms with Crippen molar-refractivity contribution in [2.24, 2.45) is 11.1 Å². The molecule has 104 valence electrons. The predicted molar refractivity (Wildman–Crippen MR) is 76.9 cm³/mol. The van der Waals surface area contributed by atoms with Gasteiger partial charge in [-0.2, -0.15) is 11.3 Å². The fraction of sp³-hybridized carbons (Fsp3) is 0.643. The molecule has 2 heterocycles. The van der Waals surface area contributed by atoms with Gasteiger partial charge >= 0.3 is 0 Å². The number of hydrogen-bond donors (Lipinski definition) is 1. The molecule has 1 saturated heterocycles. The first-order chi connectivity index (χ1) is 9.23. The summed E-state index contributed by atoms with van der Waals surface area (Å²) in [4.78, 5) is 16.8. The molecule has 1 saturated carbocycles. The second-order valence-corrected chi connectivity index (χ2v) is 6.46. The van der Waals surface area contributed by atoms with Crippen LogP contribution in [0.1, 0.15) is 18.4 Å². The first-order valence-corrected chi connectivity index (χ1v) is 7.91. The van der Waals surface area contributed by atoms with Gasteiger partial charge in [-0.05, 0) is 35.2 Å². The van der Waals surface area contributed by atoms with Crippen LogP contribution in [0.4, 0.5) is 0 Å². The standard InChI is InChI=1S/C14H21N3OS/c15-11-14(2-3-14)13(18)17-6-4-16(5-7-17)9-12-1-8-19-10-12/h1,8,10H,2-7,9,11,15H2. The lowest BCUT2D eigenvalue weighted by Gasteiger charge is -2.36. The van der Waals surface area contributed by atoms with Crippen molar-refractivity contribution in [2.75, 3.05) is 32.7 Å². The largest absolute Gasteiger partial charge is 0.340 e. The molecule has 5 heteroatoms. The molecule has 2 fully saturated rings. The maximum atomic E-state index is 12.4. The Morgan fingerprint density at radius 2 is 2.05 bits per heavy atom. The second kappa shape index (κ2) is 5.23. The molecule has 1 aliphatic heterocycles. The van der Waals surface area contributed by atoms with Gasteiger partial charge in [0.15, 0.2) is 0 Å². The molecular weight excluding hydrogens is 258 g/mol. The van der Waals surface area contributed by atoms with E-state index in [2.05, 4.69) is 21.7 Å². The zero-order chi connectivity index (χ0) is 13.3. The molecule has 0 atom stereocenters. The molecule has 3 rings (SSSR count). The number of piperazine rings is 1. The predicted octanol–water partition coefficient (Wildman–Crippen LogP) is 1.13. The van der Waals surface area contributed by atoms with Gasteiger partial charge in [-0.1, -0.05) is 0 Å². The number of nitrogens with zero attached hydrogens (tertiary/aromatic N) is 2. The highest BCUT2D eigenvalue weighted by molar-refractivity contribution is 7.07. The van der Waals surface area contributed by atoms with Gasteiger partial charge in [-0.15, -0.1) is 0 Å². The first-order valence-electron chi connectivity index (χ1n) is 6.96. The molecule has 1 aromatic heterocycles. The van der Waals surface area contributed by atoms with E-state index < -0.39 is 0 Å². The van der Waals surface area contributed by atoms with Crippen molar-refractivity contribution in [3.8, 4) is 0 Å². The van der Waals surface area contributed by atoms with Crippen LogP contribution >= 0.6 is 11.3 Å². The Labute approximate surface area is 118 Å². The zero-order valence-corrected chi connectivity index (χ0v) is 12.0. The number of nitrogens with two attached hydrogens (primary N) is 1. The Morgan fingerprint density at radius 3 is 2.58 bits per heavy atom. The van der Waals surface area contributed by atoms with E-state index in [1.165, 1.54) is 5.56 Å². The Hall–Kier alpha value is -0.910. The summed E-state index contributed by atoms with van der Waals surface area (Å²) in [7, 11) is 0. The number of carbonyl (C=O) groups is 1. The van der Waals surface area contributed by atoms with Gasteiger partial charge in [-0.25, -0.2) is 0 Å². The minimum Gasteiger partial charge on any atom is -0.340 e. The van der Waals surface area contributed by atoms with E-state index in [4.69, 9.17) is 5.73 Å². The molecule has 1 amide bonds. The maximum absolute atomic E-state index is 12.4. The van der Waals surface area contributed by atoms with Crippen LogP contribution < -0.4 is 5.73 Å². The van der Waals surface area contributed by atoms with E-state index in [0.717, 1.165) is 45.6 Å². The third-order valence-corrected chi connectivity index (χ3v) is 5.08. The van der Waals surface area contributed by atoms with E-state index in [9.17, 15) is 4.79 Å². The fourth-order valence-electron chi connectivity index (χ4n) is 2.74. The molecule has 1 aromatic rings. The van der Waals surface area contributed by atoms with Crippen molar-refractivity contribution in [2.45, 2.75) is 19.4 Å². The molecule has 0 bridgehead atoms. The molecule has 1 aliphatic carbocycles. The number of amides is 1. The average molecular weight is 279 g/mol. The van der Waals surface area contributed by atoms with Crippen molar-refractivity contribution in [3.63, 3.8) is 0 Å². The normalized spacial score (nSPS) is 22.5. The van der Waals surface area contributed by atoms with E-state index in [1.807, 2.05) is 4.90 Å². The van der Waals surface area contributed by atoms with Gasteiger partial charge in [0.05, 0.1) is 5.41 Å². The smallest absolute Gasteiger partial charge is 0.230 e. The summed E-state index contributed by atoms with van der Waals surface area (Å²) in [6.07, 6.45) is 1.97. The number of rotatable bonds is 4. The van der Waals surface area contributed by atoms with Gasteiger partial charge in [0, 0.05) is 39.3 Å². The Morgan fingerprint density at radius 1 is 1.32 bits per heavy atom. The highest BCUT2D eigenvalue weighted by Crippen LogP contribution is 2.46. The molecule has 19 heavy (non-hydrogen) atoms. The lowest BCUT2D eigenvalue weighted by atomic mass is 10.1. The molecule has 2 N–H and O–H groups in total. The van der Waals surface area contributed by atoms with Gasteiger partial charge in [-0.3, -0.25) is 9.69 Å². The van der Waals surface area contributed by atoms with Crippen LogP contribution in [-0.2, 0) is 11.3 Å². The molecule has 4 nitrogen and oxygen atoms in total. The molecule has 0 spiro atoms. The summed E-state index contributed by atoms with van der Waals surface area (Å²) in [5.74, 6) is 0.296. The van der Waals surface area contributed by atoms with Crippen LogP contribution in [0, 0.1) is 5.41 Å². The molecule has 0 radical (unpaired) electrons. The number of thiophene rings is 1. The summed E-state index contributed by atoms with van der Waals surface area (Å²) < 4.78 is 0. The third kappa shape index (κ3) is 2.68. The van der Waals surface area contributed by atoms with Crippen LogP contribution in [0.5, 0.6) is 0 Å². The van der Waals surface area contributed by atoms with Crippen molar-refractivity contribution >= 4 is 17.2 Å². The maximum Gasteiger partial charge on any atom is 0.230 e. The lowest BCUT2D eigenvalue weighted by molar-refractivity contribution is -0.138. The van der Waals surface area contributed by atoms with Crippen molar-refractivity contribution in [3.05, 3.63) is 22.4 Å². The first kappa shape index (κ1) is 13.1. The summed E-state index contributed by atoms with van der Waals surface area (Å²) in [6.45, 7) is 5.18.